The number of thioether (sulfide) groups is 1. The molecule has 1 fully saturated rings. The summed E-state index contributed by atoms with van der Waals surface area (Å²) >= 11 is 1.47. The molecule has 0 radical (unpaired) electrons. The number of likely N-dealkylation sites (tertiary alicyclic amines) is 1. The lowest BCUT2D eigenvalue weighted by atomic mass is 10.2. The Labute approximate surface area is 176 Å². The van der Waals surface area contributed by atoms with E-state index in [2.05, 4.69) is 39.9 Å². The van der Waals surface area contributed by atoms with Crippen molar-refractivity contribution in [2.45, 2.75) is 37.8 Å². The van der Waals surface area contributed by atoms with Crippen LogP contribution in [-0.4, -0.2) is 44.4 Å². The van der Waals surface area contributed by atoms with Crippen LogP contribution in [0.25, 0.3) is 17.1 Å². The van der Waals surface area contributed by atoms with Crippen molar-refractivity contribution < 1.29 is 4.79 Å². The minimum atomic E-state index is 0.192. The maximum Gasteiger partial charge on any atom is 0.233 e. The number of benzene rings is 2. The van der Waals surface area contributed by atoms with Crippen LogP contribution in [0.3, 0.4) is 0 Å². The molecule has 2 heterocycles. The van der Waals surface area contributed by atoms with E-state index < -0.39 is 0 Å². The summed E-state index contributed by atoms with van der Waals surface area (Å²) in [4.78, 5) is 14.8. The number of hydrogen-bond donors (Lipinski definition) is 0. The third kappa shape index (κ3) is 4.70. The predicted molar refractivity (Wildman–Crippen MR) is 117 cm³/mol. The smallest absolute Gasteiger partial charge is 0.233 e. The van der Waals surface area contributed by atoms with Gasteiger partial charge in [0.25, 0.3) is 0 Å². The van der Waals surface area contributed by atoms with Crippen LogP contribution in [0.5, 0.6) is 0 Å². The van der Waals surface area contributed by atoms with E-state index in [1.165, 1.54) is 30.2 Å². The molecule has 4 rings (SSSR count). The molecule has 0 atom stereocenters. The van der Waals surface area contributed by atoms with Crippen LogP contribution in [0, 0.1) is 6.92 Å². The highest BCUT2D eigenvalue weighted by atomic mass is 32.2. The zero-order chi connectivity index (χ0) is 20.1. The number of rotatable bonds is 5. The van der Waals surface area contributed by atoms with Gasteiger partial charge >= 0.3 is 0 Å². The van der Waals surface area contributed by atoms with E-state index in [0.29, 0.717) is 5.75 Å². The van der Waals surface area contributed by atoms with E-state index in [1.54, 1.807) is 0 Å². The Kier molecular flexibility index (Phi) is 6.30. The van der Waals surface area contributed by atoms with Crippen molar-refractivity contribution in [3.8, 4) is 17.1 Å². The van der Waals surface area contributed by atoms with Crippen molar-refractivity contribution in [1.82, 2.24) is 19.7 Å². The van der Waals surface area contributed by atoms with Gasteiger partial charge in [-0.2, -0.15) is 0 Å². The van der Waals surface area contributed by atoms with Gasteiger partial charge in [-0.1, -0.05) is 67.1 Å². The summed E-state index contributed by atoms with van der Waals surface area (Å²) in [5, 5.41) is 9.65. The average molecular weight is 407 g/mol. The van der Waals surface area contributed by atoms with Gasteiger partial charge in [-0.25, -0.2) is 0 Å². The molecule has 1 aliphatic heterocycles. The summed E-state index contributed by atoms with van der Waals surface area (Å²) < 4.78 is 2.06. The van der Waals surface area contributed by atoms with Crippen molar-refractivity contribution in [3.05, 3.63) is 60.2 Å². The Morgan fingerprint density at radius 1 is 0.966 bits per heavy atom. The largest absolute Gasteiger partial charge is 0.342 e. The summed E-state index contributed by atoms with van der Waals surface area (Å²) in [5.41, 5.74) is 3.19. The molecule has 2 aromatic carbocycles. The molecule has 29 heavy (non-hydrogen) atoms. The Hall–Kier alpha value is -2.60. The summed E-state index contributed by atoms with van der Waals surface area (Å²) in [6.07, 6.45) is 4.65. The molecule has 0 bridgehead atoms. The molecule has 0 unspecified atom stereocenters. The van der Waals surface area contributed by atoms with Gasteiger partial charge in [-0.15, -0.1) is 10.2 Å². The van der Waals surface area contributed by atoms with Crippen LogP contribution in [0.4, 0.5) is 0 Å². The van der Waals surface area contributed by atoms with E-state index in [4.69, 9.17) is 0 Å². The van der Waals surface area contributed by atoms with Gasteiger partial charge in [0.2, 0.25) is 5.91 Å². The van der Waals surface area contributed by atoms with Gasteiger partial charge < -0.3 is 4.90 Å². The van der Waals surface area contributed by atoms with Crippen LogP contribution in [0.2, 0.25) is 0 Å². The topological polar surface area (TPSA) is 51.0 Å². The van der Waals surface area contributed by atoms with E-state index in [-0.39, 0.29) is 5.91 Å². The Morgan fingerprint density at radius 2 is 1.72 bits per heavy atom. The molecule has 0 aliphatic carbocycles. The van der Waals surface area contributed by atoms with Crippen LogP contribution in [0.1, 0.15) is 31.2 Å². The third-order valence-corrected chi connectivity index (χ3v) is 6.12. The zero-order valence-corrected chi connectivity index (χ0v) is 17.6. The summed E-state index contributed by atoms with van der Waals surface area (Å²) in [5.74, 6) is 1.37. The Balaban J connectivity index is 1.61. The van der Waals surface area contributed by atoms with E-state index in [9.17, 15) is 4.79 Å². The molecule has 6 heteroatoms. The highest BCUT2D eigenvalue weighted by Gasteiger charge is 2.20. The standard InChI is InChI=1S/C23H26N4OS/c1-18-10-9-13-20(16-18)27-22(19-11-5-4-6-12-19)24-25-23(27)29-17-21(28)26-14-7-2-3-8-15-26/h4-6,9-13,16H,2-3,7-8,14-15,17H2,1H3. The van der Waals surface area contributed by atoms with E-state index in [1.807, 2.05) is 41.3 Å². The second kappa shape index (κ2) is 9.27. The third-order valence-electron chi connectivity index (χ3n) is 5.21. The number of amides is 1. The summed E-state index contributed by atoms with van der Waals surface area (Å²) in [7, 11) is 0. The monoisotopic (exact) mass is 406 g/mol. The lowest BCUT2D eigenvalue weighted by Gasteiger charge is -2.20. The second-order valence-electron chi connectivity index (χ2n) is 7.43. The normalized spacial score (nSPS) is 14.6. The van der Waals surface area contributed by atoms with E-state index in [0.717, 1.165) is 48.2 Å². The van der Waals surface area contributed by atoms with Gasteiger partial charge in [0, 0.05) is 24.3 Å². The van der Waals surface area contributed by atoms with Crippen molar-refractivity contribution in [2.24, 2.45) is 0 Å². The highest BCUT2D eigenvalue weighted by molar-refractivity contribution is 7.99. The maximum absolute atomic E-state index is 12.8. The molecule has 3 aromatic rings. The molecule has 1 amide bonds. The molecule has 150 valence electrons. The second-order valence-corrected chi connectivity index (χ2v) is 8.37. The lowest BCUT2D eigenvalue weighted by Crippen LogP contribution is -2.33. The van der Waals surface area contributed by atoms with E-state index >= 15 is 0 Å². The number of hydrogen-bond acceptors (Lipinski definition) is 4. The fourth-order valence-electron chi connectivity index (χ4n) is 3.68. The molecule has 0 spiro atoms. The molecular weight excluding hydrogens is 380 g/mol. The van der Waals surface area contributed by atoms with Crippen molar-refractivity contribution in [2.75, 3.05) is 18.8 Å². The van der Waals surface area contributed by atoms with Gasteiger partial charge in [0.05, 0.1) is 5.75 Å². The van der Waals surface area contributed by atoms with Crippen molar-refractivity contribution in [3.63, 3.8) is 0 Å². The first kappa shape index (κ1) is 19.7. The van der Waals surface area contributed by atoms with Crippen LogP contribution >= 0.6 is 11.8 Å². The number of nitrogens with zero attached hydrogens (tertiary/aromatic N) is 4. The Bertz CT molecular complexity index is 962. The number of carbonyl (C=O) groups is 1. The van der Waals surface area contributed by atoms with Crippen LogP contribution in [-0.2, 0) is 4.79 Å². The molecular formula is C23H26N4OS. The first-order valence-corrected chi connectivity index (χ1v) is 11.2. The minimum absolute atomic E-state index is 0.192. The molecule has 5 nitrogen and oxygen atoms in total. The van der Waals surface area contributed by atoms with Gasteiger partial charge in [0.1, 0.15) is 0 Å². The fourth-order valence-corrected chi connectivity index (χ4v) is 4.53. The van der Waals surface area contributed by atoms with Crippen LogP contribution < -0.4 is 0 Å². The SMILES string of the molecule is Cc1cccc(-n2c(SCC(=O)N3CCCCCC3)nnc2-c2ccccc2)c1. The quantitative estimate of drug-likeness (QED) is 0.575. The fraction of sp³-hybridized carbons (Fsp3) is 0.348. The first-order valence-electron chi connectivity index (χ1n) is 10.2. The summed E-state index contributed by atoms with van der Waals surface area (Å²) in [6.45, 7) is 3.82. The van der Waals surface area contributed by atoms with Gasteiger partial charge in [0.15, 0.2) is 11.0 Å². The number of carbonyl (C=O) groups excluding carboxylic acids is 1. The highest BCUT2D eigenvalue weighted by Crippen LogP contribution is 2.28. The van der Waals surface area contributed by atoms with Crippen molar-refractivity contribution in [1.29, 1.82) is 0 Å². The van der Waals surface area contributed by atoms with Gasteiger partial charge in [-0.05, 0) is 37.5 Å². The first-order chi connectivity index (χ1) is 14.2. The molecule has 1 saturated heterocycles. The van der Waals surface area contributed by atoms with Gasteiger partial charge in [-0.3, -0.25) is 9.36 Å². The number of aromatic nitrogens is 3. The molecule has 0 N–H and O–H groups in total. The summed E-state index contributed by atoms with van der Waals surface area (Å²) in [6, 6.07) is 18.4. The Morgan fingerprint density at radius 3 is 2.45 bits per heavy atom. The predicted octanol–water partition coefficient (Wildman–Crippen LogP) is 4.74. The zero-order valence-electron chi connectivity index (χ0n) is 16.8. The maximum atomic E-state index is 12.8. The minimum Gasteiger partial charge on any atom is -0.342 e. The average Bonchev–Trinajstić information content (AvgIpc) is 2.97. The molecule has 1 aliphatic rings. The van der Waals surface area contributed by atoms with Crippen LogP contribution in [0.15, 0.2) is 59.8 Å². The lowest BCUT2D eigenvalue weighted by molar-refractivity contribution is -0.128. The molecule has 1 aromatic heterocycles. The van der Waals surface area contributed by atoms with Crippen molar-refractivity contribution >= 4 is 17.7 Å². The number of aryl methyl sites for hydroxylation is 1. The molecule has 0 saturated carbocycles.